The Morgan fingerprint density at radius 2 is 1.79 bits per heavy atom. The molecule has 0 aliphatic carbocycles. The number of hydrogen-bond acceptors (Lipinski definition) is 11. The molecule has 0 bridgehead atoms. The monoisotopic (exact) mass is 545 g/mol. The third-order valence-electron chi connectivity index (χ3n) is 5.98. The summed E-state index contributed by atoms with van der Waals surface area (Å²) >= 11 is 0. The van der Waals surface area contributed by atoms with Crippen molar-refractivity contribution in [3.63, 3.8) is 0 Å². The molecule has 4 heterocycles. The number of aliphatic hydroxyl groups excluding tert-OH is 1. The van der Waals surface area contributed by atoms with Crippen molar-refractivity contribution in [3.8, 4) is 28.8 Å². The first-order valence-electron chi connectivity index (χ1n) is 11.4. The highest BCUT2D eigenvalue weighted by molar-refractivity contribution is 7.93. The zero-order valence-corrected chi connectivity index (χ0v) is 21.2. The van der Waals surface area contributed by atoms with Gasteiger partial charge in [0.05, 0.1) is 39.0 Å². The van der Waals surface area contributed by atoms with E-state index in [4.69, 9.17) is 13.9 Å². The number of aliphatic hydroxyl groups is 1. The molecule has 5 rings (SSSR count). The lowest BCUT2D eigenvalue weighted by Gasteiger charge is -2.35. The third-order valence-corrected chi connectivity index (χ3v) is 7.67. The number of nitrogens with zero attached hydrogens (tertiary/aromatic N) is 6. The molecule has 4 aromatic rings. The maximum Gasteiger partial charge on any atom is 0.243 e. The first-order chi connectivity index (χ1) is 18.3. The number of halogens is 1. The number of rotatable bonds is 8. The predicted molar refractivity (Wildman–Crippen MR) is 133 cm³/mol. The summed E-state index contributed by atoms with van der Waals surface area (Å²) in [6.07, 6.45) is 2.36. The van der Waals surface area contributed by atoms with Crippen molar-refractivity contribution in [3.05, 3.63) is 54.8 Å². The number of sulfonamides is 1. The second-order valence-corrected chi connectivity index (χ2v) is 10.4. The predicted octanol–water partition coefficient (Wildman–Crippen LogP) is 1.86. The van der Waals surface area contributed by atoms with Crippen molar-refractivity contribution in [1.82, 2.24) is 24.7 Å². The number of anilines is 2. The van der Waals surface area contributed by atoms with Crippen molar-refractivity contribution in [2.24, 2.45) is 0 Å². The fourth-order valence-electron chi connectivity index (χ4n) is 4.27. The quantitative estimate of drug-likeness (QED) is 0.333. The normalized spacial score (nSPS) is 17.8. The van der Waals surface area contributed by atoms with Crippen molar-refractivity contribution in [1.29, 1.82) is 0 Å². The molecule has 2 N–H and O–H groups in total. The molecule has 0 amide bonds. The van der Waals surface area contributed by atoms with Gasteiger partial charge in [-0.25, -0.2) is 22.8 Å². The molecule has 0 saturated carbocycles. The Labute approximate surface area is 216 Å². The summed E-state index contributed by atoms with van der Waals surface area (Å²) in [5.74, 6) is 0.575. The van der Waals surface area contributed by atoms with Gasteiger partial charge in [0.1, 0.15) is 22.4 Å². The Bertz CT molecular complexity index is 1490. The van der Waals surface area contributed by atoms with Gasteiger partial charge >= 0.3 is 0 Å². The van der Waals surface area contributed by atoms with Crippen LogP contribution in [0.1, 0.15) is 6.42 Å². The Morgan fingerprint density at radius 3 is 2.42 bits per heavy atom. The van der Waals surface area contributed by atoms with Crippen LogP contribution in [-0.2, 0) is 10.0 Å². The molecule has 38 heavy (non-hydrogen) atoms. The highest BCUT2D eigenvalue weighted by Crippen LogP contribution is 2.38. The Balaban J connectivity index is 1.54. The molecule has 1 saturated heterocycles. The van der Waals surface area contributed by atoms with E-state index in [0.29, 0.717) is 22.9 Å². The van der Waals surface area contributed by atoms with Crippen molar-refractivity contribution < 1.29 is 31.8 Å². The molecule has 1 fully saturated rings. The summed E-state index contributed by atoms with van der Waals surface area (Å²) in [6, 6.07) is 8.39. The molecule has 2 atom stereocenters. The second kappa shape index (κ2) is 10.3. The number of piperidine rings is 1. The standard InChI is InChI=1S/C23H24FN7O6S/c1-35-17-5-3-6-18(36-2)20(17)31-21(19-7-4-8-37-19)27-28-23(31)29-38(33,34)16-9-15(32)12-30(13-16)22-25-10-14(24)11-26-22/h3-8,10-11,15-16,32H,9,12-13H2,1-2H3,(H,28,29)/t15-,16+/m1/s1. The first-order valence-corrected chi connectivity index (χ1v) is 13.0. The van der Waals surface area contributed by atoms with Crippen LogP contribution in [0, 0.1) is 5.82 Å². The second-order valence-electron chi connectivity index (χ2n) is 8.44. The van der Waals surface area contributed by atoms with Gasteiger partial charge in [0.2, 0.25) is 27.7 Å². The number of methoxy groups -OCH3 is 2. The molecule has 0 unspecified atom stereocenters. The number of aromatic nitrogens is 5. The Kier molecular flexibility index (Phi) is 6.86. The molecule has 200 valence electrons. The number of β-amino-alcohol motifs (C(OH)–C–C–N with tert-alkyl or cyclic N) is 1. The zero-order chi connectivity index (χ0) is 26.9. The smallest absolute Gasteiger partial charge is 0.243 e. The van der Waals surface area contributed by atoms with Gasteiger partial charge in [0.25, 0.3) is 0 Å². The van der Waals surface area contributed by atoms with Crippen LogP contribution in [0.2, 0.25) is 0 Å². The van der Waals surface area contributed by atoms with Gasteiger partial charge in [0.15, 0.2) is 11.6 Å². The van der Waals surface area contributed by atoms with Crippen molar-refractivity contribution >= 4 is 21.9 Å². The van der Waals surface area contributed by atoms with Crippen LogP contribution in [0.25, 0.3) is 17.3 Å². The topological polar surface area (TPSA) is 158 Å². The van der Waals surface area contributed by atoms with Crippen LogP contribution < -0.4 is 19.1 Å². The number of nitrogens with one attached hydrogen (secondary N) is 1. The number of para-hydroxylation sites is 1. The fraction of sp³-hybridized carbons (Fsp3) is 0.304. The number of benzene rings is 1. The molecule has 1 aliphatic rings. The van der Waals surface area contributed by atoms with Gasteiger partial charge in [-0.15, -0.1) is 10.2 Å². The van der Waals surface area contributed by atoms with Gasteiger partial charge in [-0.05, 0) is 30.7 Å². The molecule has 3 aromatic heterocycles. The number of hydrogen-bond donors (Lipinski definition) is 2. The molecular weight excluding hydrogens is 521 g/mol. The van der Waals surface area contributed by atoms with Gasteiger partial charge in [-0.1, -0.05) is 6.07 Å². The Hall–Kier alpha value is -4.24. The van der Waals surface area contributed by atoms with Crippen LogP contribution in [0.5, 0.6) is 11.5 Å². The largest absolute Gasteiger partial charge is 0.494 e. The van der Waals surface area contributed by atoms with Crippen LogP contribution in [0.3, 0.4) is 0 Å². The minimum atomic E-state index is -4.16. The molecule has 1 aromatic carbocycles. The zero-order valence-electron chi connectivity index (χ0n) is 20.4. The SMILES string of the molecule is COc1cccc(OC)c1-n1c(NS(=O)(=O)[C@H]2C[C@@H](O)CN(c3ncc(F)cn3)C2)nnc1-c1ccco1. The summed E-state index contributed by atoms with van der Waals surface area (Å²) in [7, 11) is -1.23. The van der Waals surface area contributed by atoms with Crippen molar-refractivity contribution in [2.75, 3.05) is 36.9 Å². The maximum atomic E-state index is 13.6. The lowest BCUT2D eigenvalue weighted by Crippen LogP contribution is -2.50. The van der Waals surface area contributed by atoms with E-state index in [-0.39, 0.29) is 37.2 Å². The fourth-order valence-corrected chi connectivity index (χ4v) is 5.68. The van der Waals surface area contributed by atoms with Gasteiger partial charge in [-0.3, -0.25) is 9.29 Å². The summed E-state index contributed by atoms with van der Waals surface area (Å²) < 4.78 is 61.0. The lowest BCUT2D eigenvalue weighted by molar-refractivity contribution is 0.154. The molecule has 15 heteroatoms. The number of ether oxygens (including phenoxy) is 2. The van der Waals surface area contributed by atoms with Crippen LogP contribution in [0.15, 0.2) is 53.4 Å². The van der Waals surface area contributed by atoms with E-state index in [1.807, 2.05) is 0 Å². The van der Waals surface area contributed by atoms with E-state index in [1.165, 1.54) is 29.9 Å². The molecular formula is C23H24FN7O6S. The van der Waals surface area contributed by atoms with Crippen LogP contribution in [0.4, 0.5) is 16.3 Å². The van der Waals surface area contributed by atoms with Gasteiger partial charge < -0.3 is 23.9 Å². The van der Waals surface area contributed by atoms with E-state index in [9.17, 15) is 17.9 Å². The average molecular weight is 546 g/mol. The minimum Gasteiger partial charge on any atom is -0.494 e. The third kappa shape index (κ3) is 4.84. The van der Waals surface area contributed by atoms with Crippen molar-refractivity contribution in [2.45, 2.75) is 17.8 Å². The molecule has 0 radical (unpaired) electrons. The van der Waals surface area contributed by atoms with Crippen LogP contribution in [-0.4, -0.2) is 76.9 Å². The molecule has 13 nitrogen and oxygen atoms in total. The lowest BCUT2D eigenvalue weighted by atomic mass is 10.1. The Morgan fingerprint density at radius 1 is 1.08 bits per heavy atom. The summed E-state index contributed by atoms with van der Waals surface area (Å²) in [5, 5.41) is 17.6. The number of furan rings is 1. The average Bonchev–Trinajstić information content (AvgIpc) is 3.58. The maximum absolute atomic E-state index is 13.6. The van der Waals surface area contributed by atoms with E-state index in [1.54, 1.807) is 30.3 Å². The molecule has 0 spiro atoms. The van der Waals surface area contributed by atoms with Gasteiger partial charge in [0, 0.05) is 13.1 Å². The summed E-state index contributed by atoms with van der Waals surface area (Å²) in [6.45, 7) is 0.0457. The van der Waals surface area contributed by atoms with E-state index < -0.39 is 27.2 Å². The summed E-state index contributed by atoms with van der Waals surface area (Å²) in [4.78, 5) is 9.30. The summed E-state index contributed by atoms with van der Waals surface area (Å²) in [5.41, 5.74) is 0.344. The highest BCUT2D eigenvalue weighted by atomic mass is 32.2. The first kappa shape index (κ1) is 25.4. The molecule has 1 aliphatic heterocycles. The van der Waals surface area contributed by atoms with Gasteiger partial charge in [-0.2, -0.15) is 0 Å². The van der Waals surface area contributed by atoms with E-state index in [0.717, 1.165) is 12.4 Å². The van der Waals surface area contributed by atoms with E-state index in [2.05, 4.69) is 24.9 Å². The minimum absolute atomic E-state index is 0.0464. The highest BCUT2D eigenvalue weighted by Gasteiger charge is 2.37. The van der Waals surface area contributed by atoms with E-state index >= 15 is 0 Å². The van der Waals surface area contributed by atoms with Crippen LogP contribution >= 0.6 is 0 Å².